The molecule has 10 nitrogen and oxygen atoms in total. The number of ether oxygens (including phenoxy) is 1. The predicted octanol–water partition coefficient (Wildman–Crippen LogP) is 1.02. The van der Waals surface area contributed by atoms with Crippen LogP contribution in [0.2, 0.25) is 0 Å². The second kappa shape index (κ2) is 9.99. The first kappa shape index (κ1) is 24.2. The van der Waals surface area contributed by atoms with Crippen molar-refractivity contribution in [3.05, 3.63) is 53.6 Å². The number of nitrogens with one attached hydrogen (secondary N) is 2. The second-order valence-electron chi connectivity index (χ2n) is 7.52. The van der Waals surface area contributed by atoms with Crippen LogP contribution in [0.25, 0.3) is 0 Å². The summed E-state index contributed by atoms with van der Waals surface area (Å²) in [6.45, 7) is 2.26. The minimum Gasteiger partial charge on any atom is -0.383 e. The van der Waals surface area contributed by atoms with Crippen molar-refractivity contribution in [1.82, 2.24) is 0 Å². The van der Waals surface area contributed by atoms with E-state index in [2.05, 4.69) is 15.6 Å². The van der Waals surface area contributed by atoms with Gasteiger partial charge in [-0.05, 0) is 48.0 Å². The summed E-state index contributed by atoms with van der Waals surface area (Å²) in [5.41, 5.74) is 9.11. The van der Waals surface area contributed by atoms with Gasteiger partial charge >= 0.3 is 0 Å². The van der Waals surface area contributed by atoms with Gasteiger partial charge in [-0.25, -0.2) is 0 Å². The van der Waals surface area contributed by atoms with Crippen molar-refractivity contribution in [1.29, 1.82) is 0 Å². The number of hydrogen-bond acceptors (Lipinski definition) is 7. The highest BCUT2D eigenvalue weighted by molar-refractivity contribution is 6.05. The van der Waals surface area contributed by atoms with Crippen LogP contribution in [0.3, 0.4) is 0 Å². The maximum atomic E-state index is 12.9. The number of morpholine rings is 1. The molecule has 2 heterocycles. The monoisotopic (exact) mass is 473 g/mol. The van der Waals surface area contributed by atoms with Crippen molar-refractivity contribution in [2.24, 2.45) is 10.7 Å². The molecule has 2 atom stereocenters. The number of carbonyl (C=O) groups is 3. The van der Waals surface area contributed by atoms with Gasteiger partial charge in [-0.15, -0.1) is 12.4 Å². The summed E-state index contributed by atoms with van der Waals surface area (Å²) in [7, 11) is 0. The number of fused-ring (bicyclic) bond motifs is 1. The number of nitrogens with zero attached hydrogens (tertiary/aromatic N) is 2. The fourth-order valence-corrected chi connectivity index (χ4v) is 3.68. The summed E-state index contributed by atoms with van der Waals surface area (Å²) in [5.74, 6) is -1.03. The lowest BCUT2D eigenvalue weighted by atomic mass is 10.1. The van der Waals surface area contributed by atoms with Gasteiger partial charge in [0.25, 0.3) is 11.8 Å². The fraction of sp³-hybridized carbons (Fsp3) is 0.273. The zero-order chi connectivity index (χ0) is 22.8. The Bertz CT molecular complexity index is 1100. The summed E-state index contributed by atoms with van der Waals surface area (Å²) in [6.07, 6.45) is -3.04. The number of amides is 3. The van der Waals surface area contributed by atoms with Crippen molar-refractivity contribution >= 4 is 53.0 Å². The molecule has 0 bridgehead atoms. The van der Waals surface area contributed by atoms with Crippen molar-refractivity contribution in [3.63, 3.8) is 0 Å². The van der Waals surface area contributed by atoms with Gasteiger partial charge in [0, 0.05) is 36.1 Å². The van der Waals surface area contributed by atoms with Gasteiger partial charge in [-0.1, -0.05) is 0 Å². The number of anilines is 3. The lowest BCUT2D eigenvalue weighted by Crippen LogP contribution is -2.55. The molecule has 5 N–H and O–H groups in total. The number of aliphatic imine (C=N–C) groups is 1. The van der Waals surface area contributed by atoms with Gasteiger partial charge in [0.1, 0.15) is 5.84 Å². The van der Waals surface area contributed by atoms with Crippen LogP contribution in [0, 0.1) is 0 Å². The number of hydrogen-bond donors (Lipinski definition) is 4. The quantitative estimate of drug-likeness (QED) is 0.509. The zero-order valence-electron chi connectivity index (χ0n) is 17.8. The van der Waals surface area contributed by atoms with Gasteiger partial charge in [0.15, 0.2) is 12.2 Å². The van der Waals surface area contributed by atoms with E-state index in [1.54, 1.807) is 42.5 Å². The maximum absolute atomic E-state index is 12.9. The molecule has 1 fully saturated rings. The summed E-state index contributed by atoms with van der Waals surface area (Å²) in [6, 6.07) is 11.8. The highest BCUT2D eigenvalue weighted by atomic mass is 35.5. The van der Waals surface area contributed by atoms with Crippen LogP contribution >= 0.6 is 12.4 Å². The average molecular weight is 474 g/mol. The smallest absolute Gasteiger partial charge is 0.259 e. The van der Waals surface area contributed by atoms with E-state index in [4.69, 9.17) is 10.5 Å². The van der Waals surface area contributed by atoms with E-state index in [0.717, 1.165) is 11.1 Å². The summed E-state index contributed by atoms with van der Waals surface area (Å²) < 4.78 is 5.43. The molecular weight excluding hydrogens is 450 g/mol. The van der Waals surface area contributed by atoms with Crippen LogP contribution in [0.15, 0.2) is 47.5 Å². The Morgan fingerprint density at radius 3 is 2.58 bits per heavy atom. The van der Waals surface area contributed by atoms with Crippen molar-refractivity contribution in [3.8, 4) is 0 Å². The maximum Gasteiger partial charge on any atom is 0.259 e. The fourth-order valence-electron chi connectivity index (χ4n) is 3.68. The topological polar surface area (TPSA) is 146 Å². The molecule has 2 aromatic carbocycles. The molecule has 2 aromatic rings. The third-order valence-corrected chi connectivity index (χ3v) is 5.24. The van der Waals surface area contributed by atoms with Crippen LogP contribution in [0.1, 0.15) is 18.1 Å². The number of nitrogens with two attached hydrogens (primary N) is 1. The highest BCUT2D eigenvalue weighted by Crippen LogP contribution is 2.24. The third kappa shape index (κ3) is 5.14. The molecule has 0 aliphatic carbocycles. The van der Waals surface area contributed by atoms with Crippen LogP contribution in [-0.4, -0.2) is 54.0 Å². The molecule has 0 unspecified atom stereocenters. The molecule has 174 valence electrons. The normalized spacial score (nSPS) is 18.0. The molecule has 3 amide bonds. The van der Waals surface area contributed by atoms with E-state index in [1.165, 1.54) is 11.8 Å². The zero-order valence-corrected chi connectivity index (χ0v) is 18.6. The van der Waals surface area contributed by atoms with E-state index in [1.807, 2.05) is 0 Å². The Kier molecular flexibility index (Phi) is 7.32. The van der Waals surface area contributed by atoms with E-state index in [-0.39, 0.29) is 31.5 Å². The Hall–Kier alpha value is -3.47. The van der Waals surface area contributed by atoms with Crippen LogP contribution in [-0.2, 0) is 25.7 Å². The molecule has 2 aliphatic heterocycles. The lowest BCUT2D eigenvalue weighted by Gasteiger charge is -2.34. The lowest BCUT2D eigenvalue weighted by molar-refractivity contribution is -0.150. The van der Waals surface area contributed by atoms with Gasteiger partial charge in [0.05, 0.1) is 13.2 Å². The van der Waals surface area contributed by atoms with E-state index in [0.29, 0.717) is 29.4 Å². The van der Waals surface area contributed by atoms with Gasteiger partial charge in [-0.2, -0.15) is 0 Å². The largest absolute Gasteiger partial charge is 0.383 e. The number of aliphatic hydroxyl groups is 1. The number of halogens is 1. The Morgan fingerprint density at radius 1 is 1.18 bits per heavy atom. The molecule has 2 aliphatic rings. The number of carbonyl (C=O) groups excluding carboxylic acids is 3. The summed E-state index contributed by atoms with van der Waals surface area (Å²) >= 11 is 0. The number of amidine groups is 1. The molecule has 0 spiro atoms. The minimum atomic E-state index is -1.70. The number of rotatable bonds is 5. The Labute approximate surface area is 196 Å². The molecule has 4 rings (SSSR count). The van der Waals surface area contributed by atoms with Crippen molar-refractivity contribution < 1.29 is 24.2 Å². The highest BCUT2D eigenvalue weighted by Gasteiger charge is 2.39. The van der Waals surface area contributed by atoms with Crippen LogP contribution in [0.4, 0.5) is 17.1 Å². The summed E-state index contributed by atoms with van der Waals surface area (Å²) in [4.78, 5) is 42.3. The van der Waals surface area contributed by atoms with Gasteiger partial charge in [-0.3, -0.25) is 19.4 Å². The minimum absolute atomic E-state index is 0. The van der Waals surface area contributed by atoms with E-state index >= 15 is 0 Å². The first-order chi connectivity index (χ1) is 15.3. The third-order valence-electron chi connectivity index (χ3n) is 5.24. The molecule has 1 saturated heterocycles. The molecule has 0 aromatic heterocycles. The molecule has 33 heavy (non-hydrogen) atoms. The standard InChI is InChI=1S/C22H23N5O5.ClH/c1-12(28)25-14-2-5-16(6-3-14)27-8-9-32-19(22(27)31)18(29)21(30)26-15-4-7-17-13(10-15)11-24-20(17)23;/h2-7,10,18-19,29H,8-9,11H2,1H3,(H2,23,24)(H,25,28)(H,26,30);1H/t18-,19-;/m1./s1. The average Bonchev–Trinajstić information content (AvgIpc) is 3.14. The Balaban J connectivity index is 0.00000306. The predicted molar refractivity (Wildman–Crippen MR) is 126 cm³/mol. The second-order valence-corrected chi connectivity index (χ2v) is 7.52. The van der Waals surface area contributed by atoms with E-state index in [9.17, 15) is 19.5 Å². The van der Waals surface area contributed by atoms with Crippen molar-refractivity contribution in [2.75, 3.05) is 28.7 Å². The van der Waals surface area contributed by atoms with Gasteiger partial charge in [0.2, 0.25) is 5.91 Å². The van der Waals surface area contributed by atoms with E-state index < -0.39 is 24.0 Å². The van der Waals surface area contributed by atoms with Gasteiger partial charge < -0.3 is 31.1 Å². The van der Waals surface area contributed by atoms with Crippen LogP contribution in [0.5, 0.6) is 0 Å². The summed E-state index contributed by atoms with van der Waals surface area (Å²) in [5, 5.41) is 15.8. The Morgan fingerprint density at radius 2 is 1.88 bits per heavy atom. The molecule has 11 heteroatoms. The van der Waals surface area contributed by atoms with Crippen molar-refractivity contribution in [2.45, 2.75) is 25.7 Å². The molecule has 0 saturated carbocycles. The number of benzene rings is 2. The first-order valence-corrected chi connectivity index (χ1v) is 10.1. The molecule has 0 radical (unpaired) electrons. The first-order valence-electron chi connectivity index (χ1n) is 10.1. The molecular formula is C22H24ClN5O5. The van der Waals surface area contributed by atoms with Crippen LogP contribution < -0.4 is 21.3 Å². The number of aliphatic hydroxyl groups excluding tert-OH is 1. The SMILES string of the molecule is CC(=O)Nc1ccc(N2CCO[C@H]([C@@H](O)C(=O)Nc3ccc4c(c3)CN=C4N)C2=O)cc1.Cl.